The lowest BCUT2D eigenvalue weighted by Crippen LogP contribution is -2.41. The van der Waals surface area contributed by atoms with Crippen molar-refractivity contribution in [2.75, 3.05) is 26.2 Å². The van der Waals surface area contributed by atoms with Gasteiger partial charge in [-0.3, -0.25) is 9.59 Å². The van der Waals surface area contributed by atoms with Crippen LogP contribution in [-0.2, 0) is 9.59 Å². The van der Waals surface area contributed by atoms with Crippen molar-refractivity contribution < 1.29 is 9.59 Å². The van der Waals surface area contributed by atoms with Gasteiger partial charge in [-0.15, -0.1) is 0 Å². The highest BCUT2D eigenvalue weighted by molar-refractivity contribution is 5.81. The minimum absolute atomic E-state index is 0.0991. The van der Waals surface area contributed by atoms with Gasteiger partial charge in [0.2, 0.25) is 5.91 Å². The third-order valence-corrected chi connectivity index (χ3v) is 2.79. The highest BCUT2D eigenvalue weighted by Gasteiger charge is 2.23. The summed E-state index contributed by atoms with van der Waals surface area (Å²) in [4.78, 5) is 24.7. The number of piperidine rings is 1. The zero-order valence-electron chi connectivity index (χ0n) is 9.58. The van der Waals surface area contributed by atoms with Gasteiger partial charge in [-0.2, -0.15) is 0 Å². The van der Waals surface area contributed by atoms with Crippen LogP contribution in [0.3, 0.4) is 0 Å². The second-order valence-electron chi connectivity index (χ2n) is 4.12. The highest BCUT2D eigenvalue weighted by atomic mass is 16.1. The first-order valence-electron chi connectivity index (χ1n) is 5.65. The maximum absolute atomic E-state index is 11.3. The van der Waals surface area contributed by atoms with E-state index in [4.69, 9.17) is 0 Å². The average Bonchev–Trinajstić information content (AvgIpc) is 2.20. The average molecular weight is 212 g/mol. The zero-order valence-corrected chi connectivity index (χ0v) is 9.58. The van der Waals surface area contributed by atoms with Crippen molar-refractivity contribution in [2.45, 2.75) is 26.7 Å². The standard InChI is InChI=1S/C11H20N2O2/c1-3-12-11(15)5-7-13-6-4-10(14)9(2)8-13/h9H,3-8H2,1-2H3,(H,12,15). The van der Waals surface area contributed by atoms with E-state index in [0.29, 0.717) is 25.2 Å². The smallest absolute Gasteiger partial charge is 0.221 e. The van der Waals surface area contributed by atoms with Gasteiger partial charge in [0.05, 0.1) is 0 Å². The van der Waals surface area contributed by atoms with Crippen LogP contribution in [-0.4, -0.2) is 42.8 Å². The van der Waals surface area contributed by atoms with Gasteiger partial charge >= 0.3 is 0 Å². The minimum Gasteiger partial charge on any atom is -0.356 e. The number of rotatable bonds is 4. The molecule has 1 amide bonds. The van der Waals surface area contributed by atoms with E-state index in [1.54, 1.807) is 0 Å². The van der Waals surface area contributed by atoms with Gasteiger partial charge in [0.15, 0.2) is 0 Å². The van der Waals surface area contributed by atoms with Crippen molar-refractivity contribution in [3.05, 3.63) is 0 Å². The number of carbonyl (C=O) groups is 2. The maximum atomic E-state index is 11.3. The second kappa shape index (κ2) is 5.85. The Hall–Kier alpha value is -0.900. The van der Waals surface area contributed by atoms with Crippen LogP contribution in [0.15, 0.2) is 0 Å². The first-order chi connectivity index (χ1) is 7.13. The van der Waals surface area contributed by atoms with E-state index in [9.17, 15) is 9.59 Å². The molecule has 1 atom stereocenters. The fourth-order valence-corrected chi connectivity index (χ4v) is 1.84. The lowest BCUT2D eigenvalue weighted by Gasteiger charge is -2.29. The quantitative estimate of drug-likeness (QED) is 0.735. The Bertz CT molecular complexity index is 241. The Morgan fingerprint density at radius 2 is 2.33 bits per heavy atom. The van der Waals surface area contributed by atoms with Crippen molar-refractivity contribution in [1.82, 2.24) is 10.2 Å². The first-order valence-corrected chi connectivity index (χ1v) is 5.65. The molecule has 0 aromatic carbocycles. The number of hydrogen-bond donors (Lipinski definition) is 1. The number of ketones is 1. The number of hydrogen-bond acceptors (Lipinski definition) is 3. The van der Waals surface area contributed by atoms with Gasteiger partial charge in [0.25, 0.3) is 0 Å². The molecule has 1 rings (SSSR count). The summed E-state index contributed by atoms with van der Waals surface area (Å²) in [7, 11) is 0. The summed E-state index contributed by atoms with van der Waals surface area (Å²) >= 11 is 0. The lowest BCUT2D eigenvalue weighted by atomic mass is 9.98. The van der Waals surface area contributed by atoms with Crippen molar-refractivity contribution >= 4 is 11.7 Å². The van der Waals surface area contributed by atoms with Crippen LogP contribution < -0.4 is 5.32 Å². The number of likely N-dealkylation sites (tertiary alicyclic amines) is 1. The number of amides is 1. The third kappa shape index (κ3) is 4.00. The SMILES string of the molecule is CCNC(=O)CCN1CCC(=O)C(C)C1. The van der Waals surface area contributed by atoms with Gasteiger partial charge in [0.1, 0.15) is 5.78 Å². The van der Waals surface area contributed by atoms with Crippen LogP contribution in [0.4, 0.5) is 0 Å². The van der Waals surface area contributed by atoms with Crippen LogP contribution >= 0.6 is 0 Å². The molecule has 4 heteroatoms. The molecule has 4 nitrogen and oxygen atoms in total. The fourth-order valence-electron chi connectivity index (χ4n) is 1.84. The van der Waals surface area contributed by atoms with Crippen LogP contribution in [0.1, 0.15) is 26.7 Å². The summed E-state index contributed by atoms with van der Waals surface area (Å²) in [5, 5.41) is 2.77. The Labute approximate surface area is 91.0 Å². The van der Waals surface area contributed by atoms with E-state index < -0.39 is 0 Å². The summed E-state index contributed by atoms with van der Waals surface area (Å²) in [5.41, 5.74) is 0. The monoisotopic (exact) mass is 212 g/mol. The first kappa shape index (κ1) is 12.2. The van der Waals surface area contributed by atoms with Crippen molar-refractivity contribution in [1.29, 1.82) is 0 Å². The summed E-state index contributed by atoms with van der Waals surface area (Å²) in [6, 6.07) is 0. The molecule has 1 N–H and O–H groups in total. The van der Waals surface area contributed by atoms with E-state index in [0.717, 1.165) is 19.6 Å². The van der Waals surface area contributed by atoms with E-state index in [1.165, 1.54) is 0 Å². The zero-order chi connectivity index (χ0) is 11.3. The number of nitrogens with zero attached hydrogens (tertiary/aromatic N) is 1. The van der Waals surface area contributed by atoms with Crippen LogP contribution in [0, 0.1) is 5.92 Å². The molecule has 15 heavy (non-hydrogen) atoms. The molecule has 0 bridgehead atoms. The molecular weight excluding hydrogens is 192 g/mol. The van der Waals surface area contributed by atoms with E-state index in [-0.39, 0.29) is 11.8 Å². The maximum Gasteiger partial charge on any atom is 0.221 e. The largest absolute Gasteiger partial charge is 0.356 e. The van der Waals surface area contributed by atoms with Crippen LogP contribution in [0.5, 0.6) is 0 Å². The molecular formula is C11H20N2O2. The number of carbonyl (C=O) groups excluding carboxylic acids is 2. The lowest BCUT2D eigenvalue weighted by molar-refractivity contribution is -0.125. The van der Waals surface area contributed by atoms with Crippen molar-refractivity contribution in [3.63, 3.8) is 0 Å². The predicted octanol–water partition coefficient (Wildman–Crippen LogP) is 0.424. The molecule has 86 valence electrons. The van der Waals surface area contributed by atoms with Gasteiger partial charge in [-0.25, -0.2) is 0 Å². The molecule has 1 aliphatic rings. The van der Waals surface area contributed by atoms with Crippen LogP contribution in [0.25, 0.3) is 0 Å². The Morgan fingerprint density at radius 3 is 2.93 bits per heavy atom. The molecule has 0 aromatic heterocycles. The minimum atomic E-state index is 0.0991. The second-order valence-corrected chi connectivity index (χ2v) is 4.12. The molecule has 0 saturated carbocycles. The molecule has 0 radical (unpaired) electrons. The van der Waals surface area contributed by atoms with Gasteiger partial charge in [-0.05, 0) is 6.92 Å². The Kier molecular flexibility index (Phi) is 4.75. The summed E-state index contributed by atoms with van der Waals surface area (Å²) in [6.07, 6.45) is 1.17. The molecule has 1 fully saturated rings. The molecule has 0 spiro atoms. The fraction of sp³-hybridized carbons (Fsp3) is 0.818. The highest BCUT2D eigenvalue weighted by Crippen LogP contribution is 2.12. The molecule has 1 unspecified atom stereocenters. The molecule has 1 aliphatic heterocycles. The van der Waals surface area contributed by atoms with E-state index >= 15 is 0 Å². The number of nitrogens with one attached hydrogen (secondary N) is 1. The molecule has 0 aliphatic carbocycles. The summed E-state index contributed by atoms with van der Waals surface area (Å²) in [6.45, 7) is 6.94. The van der Waals surface area contributed by atoms with Crippen molar-refractivity contribution in [2.24, 2.45) is 5.92 Å². The van der Waals surface area contributed by atoms with E-state index in [2.05, 4.69) is 10.2 Å². The van der Waals surface area contributed by atoms with Gasteiger partial charge in [0, 0.05) is 44.9 Å². The van der Waals surface area contributed by atoms with Crippen molar-refractivity contribution in [3.8, 4) is 0 Å². The van der Waals surface area contributed by atoms with Gasteiger partial charge in [-0.1, -0.05) is 6.92 Å². The molecule has 0 aromatic rings. The van der Waals surface area contributed by atoms with Crippen LogP contribution in [0.2, 0.25) is 0 Å². The topological polar surface area (TPSA) is 49.4 Å². The normalized spacial score (nSPS) is 22.8. The van der Waals surface area contributed by atoms with Gasteiger partial charge < -0.3 is 10.2 Å². The summed E-state index contributed by atoms with van der Waals surface area (Å²) in [5.74, 6) is 0.583. The molecule has 1 heterocycles. The Morgan fingerprint density at radius 1 is 1.60 bits per heavy atom. The third-order valence-electron chi connectivity index (χ3n) is 2.79. The number of Topliss-reactive ketones (excluding diaryl/α,β-unsaturated/α-hetero) is 1. The Balaban J connectivity index is 2.22. The summed E-state index contributed by atoms with van der Waals surface area (Å²) < 4.78 is 0. The predicted molar refractivity (Wildman–Crippen MR) is 58.5 cm³/mol. The van der Waals surface area contributed by atoms with E-state index in [1.807, 2.05) is 13.8 Å². The molecule has 1 saturated heterocycles.